The molecule has 0 fully saturated rings. The lowest BCUT2D eigenvalue weighted by Gasteiger charge is -2.11. The van der Waals surface area contributed by atoms with E-state index in [1.54, 1.807) is 0 Å². The monoisotopic (exact) mass is 268 g/mol. The van der Waals surface area contributed by atoms with Crippen molar-refractivity contribution >= 4 is 0 Å². The molecule has 0 saturated heterocycles. The lowest BCUT2D eigenvalue weighted by molar-refractivity contribution is 0.140. The number of rotatable bonds is 9. The Morgan fingerprint density at radius 1 is 1.21 bits per heavy atom. The van der Waals surface area contributed by atoms with E-state index < -0.39 is 0 Å². The van der Waals surface area contributed by atoms with Gasteiger partial charge in [-0.1, -0.05) is 20.8 Å². The van der Waals surface area contributed by atoms with Crippen LogP contribution in [0.25, 0.3) is 0 Å². The molecule has 1 aromatic rings. The van der Waals surface area contributed by atoms with Crippen molar-refractivity contribution in [3.05, 3.63) is 17.0 Å². The van der Waals surface area contributed by atoms with Crippen LogP contribution < -0.4 is 0 Å². The van der Waals surface area contributed by atoms with Crippen LogP contribution in [-0.4, -0.2) is 28.1 Å². The number of nitrogens with zero attached hydrogens (tertiary/aromatic N) is 2. The summed E-state index contributed by atoms with van der Waals surface area (Å²) in [6.07, 6.45) is 3.11. The van der Waals surface area contributed by atoms with Gasteiger partial charge in [-0.2, -0.15) is 5.10 Å². The van der Waals surface area contributed by atoms with Crippen molar-refractivity contribution in [2.45, 2.75) is 66.0 Å². The van der Waals surface area contributed by atoms with E-state index in [2.05, 4.69) is 23.6 Å². The highest BCUT2D eigenvalue weighted by Gasteiger charge is 2.20. The Kier molecular flexibility index (Phi) is 7.10. The SMILES string of the molecule is CCOCCCn1nc(CC)c(C(O)CC)c1CC. The number of aliphatic hydroxyl groups is 1. The fourth-order valence-electron chi connectivity index (χ4n) is 2.43. The van der Waals surface area contributed by atoms with Crippen molar-refractivity contribution in [1.29, 1.82) is 0 Å². The van der Waals surface area contributed by atoms with Crippen molar-refractivity contribution in [3.8, 4) is 0 Å². The van der Waals surface area contributed by atoms with E-state index in [0.717, 1.165) is 56.7 Å². The Labute approximate surface area is 116 Å². The maximum absolute atomic E-state index is 10.2. The molecule has 1 aromatic heterocycles. The molecule has 0 aliphatic carbocycles. The van der Waals surface area contributed by atoms with Gasteiger partial charge < -0.3 is 9.84 Å². The van der Waals surface area contributed by atoms with E-state index in [9.17, 15) is 5.11 Å². The van der Waals surface area contributed by atoms with Gasteiger partial charge in [0.2, 0.25) is 0 Å². The van der Waals surface area contributed by atoms with Gasteiger partial charge in [-0.05, 0) is 32.6 Å². The Hall–Kier alpha value is -0.870. The summed E-state index contributed by atoms with van der Waals surface area (Å²) in [5.41, 5.74) is 3.29. The molecule has 1 rings (SSSR count). The summed E-state index contributed by atoms with van der Waals surface area (Å²) in [5, 5.41) is 14.9. The molecular weight excluding hydrogens is 240 g/mol. The zero-order chi connectivity index (χ0) is 14.3. The number of hydrogen-bond donors (Lipinski definition) is 1. The first-order valence-corrected chi connectivity index (χ1v) is 7.53. The summed E-state index contributed by atoms with van der Waals surface area (Å²) >= 11 is 0. The zero-order valence-electron chi connectivity index (χ0n) is 12.8. The molecule has 0 radical (unpaired) electrons. The van der Waals surface area contributed by atoms with Gasteiger partial charge >= 0.3 is 0 Å². The van der Waals surface area contributed by atoms with Crippen LogP contribution in [-0.2, 0) is 24.1 Å². The molecule has 0 saturated carbocycles. The van der Waals surface area contributed by atoms with E-state index >= 15 is 0 Å². The normalized spacial score (nSPS) is 12.9. The quantitative estimate of drug-likeness (QED) is 0.701. The van der Waals surface area contributed by atoms with Gasteiger partial charge in [-0.25, -0.2) is 0 Å². The Bertz CT molecular complexity index is 374. The minimum absolute atomic E-state index is 0.384. The van der Waals surface area contributed by atoms with E-state index in [1.807, 2.05) is 13.8 Å². The van der Waals surface area contributed by atoms with Gasteiger partial charge in [0.1, 0.15) is 0 Å². The highest BCUT2D eigenvalue weighted by Crippen LogP contribution is 2.26. The Morgan fingerprint density at radius 2 is 1.95 bits per heavy atom. The molecule has 0 spiro atoms. The fraction of sp³-hybridized carbons (Fsp3) is 0.800. The summed E-state index contributed by atoms with van der Waals surface area (Å²) in [7, 11) is 0. The summed E-state index contributed by atoms with van der Waals surface area (Å²) < 4.78 is 7.43. The molecule has 1 heterocycles. The van der Waals surface area contributed by atoms with Crippen LogP contribution in [0.5, 0.6) is 0 Å². The minimum Gasteiger partial charge on any atom is -0.388 e. The van der Waals surface area contributed by atoms with Gasteiger partial charge in [0.15, 0.2) is 0 Å². The van der Waals surface area contributed by atoms with Crippen LogP contribution in [0.3, 0.4) is 0 Å². The molecule has 4 heteroatoms. The van der Waals surface area contributed by atoms with E-state index in [-0.39, 0.29) is 6.10 Å². The van der Waals surface area contributed by atoms with Crippen LogP contribution in [0.15, 0.2) is 0 Å². The molecule has 0 bridgehead atoms. The van der Waals surface area contributed by atoms with Gasteiger partial charge in [-0.15, -0.1) is 0 Å². The Morgan fingerprint density at radius 3 is 2.47 bits per heavy atom. The molecule has 1 atom stereocenters. The topological polar surface area (TPSA) is 47.3 Å². The molecule has 110 valence electrons. The molecule has 0 aliphatic heterocycles. The van der Waals surface area contributed by atoms with Gasteiger partial charge in [-0.3, -0.25) is 4.68 Å². The van der Waals surface area contributed by atoms with E-state index in [0.29, 0.717) is 0 Å². The van der Waals surface area contributed by atoms with Crippen LogP contribution in [0, 0.1) is 0 Å². The van der Waals surface area contributed by atoms with Crippen LogP contribution >= 0.6 is 0 Å². The molecular formula is C15H28N2O2. The second-order valence-electron chi connectivity index (χ2n) is 4.71. The number of aliphatic hydroxyl groups excluding tert-OH is 1. The average Bonchev–Trinajstić information content (AvgIpc) is 2.80. The van der Waals surface area contributed by atoms with Crippen LogP contribution in [0.1, 0.15) is 63.6 Å². The molecule has 19 heavy (non-hydrogen) atoms. The summed E-state index contributed by atoms with van der Waals surface area (Å²) in [6.45, 7) is 10.6. The van der Waals surface area contributed by atoms with Crippen molar-refractivity contribution in [2.24, 2.45) is 0 Å². The van der Waals surface area contributed by atoms with Crippen molar-refractivity contribution in [2.75, 3.05) is 13.2 Å². The molecule has 0 aromatic carbocycles. The second-order valence-corrected chi connectivity index (χ2v) is 4.71. The van der Waals surface area contributed by atoms with Gasteiger partial charge in [0, 0.05) is 31.0 Å². The largest absolute Gasteiger partial charge is 0.388 e. The predicted octanol–water partition coefficient (Wildman–Crippen LogP) is 2.88. The lowest BCUT2D eigenvalue weighted by atomic mass is 10.0. The predicted molar refractivity (Wildman–Crippen MR) is 77.3 cm³/mol. The first-order valence-electron chi connectivity index (χ1n) is 7.53. The standard InChI is InChI=1S/C15H28N2O2/c1-5-12-15(14(18)7-3)13(6-2)17(16-12)10-9-11-19-8-4/h14,18H,5-11H2,1-4H3. The molecule has 0 aliphatic rings. The van der Waals surface area contributed by atoms with Crippen molar-refractivity contribution in [3.63, 3.8) is 0 Å². The maximum Gasteiger partial charge on any atom is 0.0823 e. The summed E-state index contributed by atoms with van der Waals surface area (Å²) in [5.74, 6) is 0. The molecule has 4 nitrogen and oxygen atoms in total. The average molecular weight is 268 g/mol. The molecule has 1 N–H and O–H groups in total. The third-order valence-corrected chi connectivity index (χ3v) is 3.43. The molecule has 0 amide bonds. The number of aryl methyl sites for hydroxylation is 2. The van der Waals surface area contributed by atoms with Crippen molar-refractivity contribution < 1.29 is 9.84 Å². The van der Waals surface area contributed by atoms with Gasteiger partial charge in [0.05, 0.1) is 11.8 Å². The maximum atomic E-state index is 10.2. The van der Waals surface area contributed by atoms with E-state index in [1.165, 1.54) is 5.69 Å². The van der Waals surface area contributed by atoms with Crippen LogP contribution in [0.2, 0.25) is 0 Å². The lowest BCUT2D eigenvalue weighted by Crippen LogP contribution is -2.09. The highest BCUT2D eigenvalue weighted by molar-refractivity contribution is 5.29. The minimum atomic E-state index is -0.384. The second kappa shape index (κ2) is 8.33. The highest BCUT2D eigenvalue weighted by atomic mass is 16.5. The summed E-state index contributed by atoms with van der Waals surface area (Å²) in [4.78, 5) is 0. The van der Waals surface area contributed by atoms with Crippen molar-refractivity contribution in [1.82, 2.24) is 9.78 Å². The third kappa shape index (κ3) is 4.05. The number of ether oxygens (including phenoxy) is 1. The first-order chi connectivity index (χ1) is 9.19. The smallest absolute Gasteiger partial charge is 0.0823 e. The number of hydrogen-bond acceptors (Lipinski definition) is 3. The Balaban J connectivity index is 2.88. The van der Waals surface area contributed by atoms with Gasteiger partial charge in [0.25, 0.3) is 0 Å². The molecule has 1 unspecified atom stereocenters. The van der Waals surface area contributed by atoms with E-state index in [4.69, 9.17) is 4.74 Å². The van der Waals surface area contributed by atoms with Crippen LogP contribution in [0.4, 0.5) is 0 Å². The number of aromatic nitrogens is 2. The third-order valence-electron chi connectivity index (χ3n) is 3.43. The first kappa shape index (κ1) is 16.2. The fourth-order valence-corrected chi connectivity index (χ4v) is 2.43. The summed E-state index contributed by atoms with van der Waals surface area (Å²) in [6, 6.07) is 0. The zero-order valence-corrected chi connectivity index (χ0v) is 12.8.